The van der Waals surface area contributed by atoms with E-state index in [4.69, 9.17) is 9.47 Å². The third-order valence-corrected chi connectivity index (χ3v) is 4.70. The molecule has 2 aromatic heterocycles. The summed E-state index contributed by atoms with van der Waals surface area (Å²) in [6.45, 7) is 2.44. The Morgan fingerprint density at radius 3 is 2.64 bits per heavy atom. The van der Waals surface area contributed by atoms with Gasteiger partial charge in [-0.05, 0) is 18.9 Å². The molecule has 1 aromatic carbocycles. The van der Waals surface area contributed by atoms with E-state index in [1.165, 1.54) is 0 Å². The quantitative estimate of drug-likeness (QED) is 0.716. The van der Waals surface area contributed by atoms with Crippen LogP contribution >= 0.6 is 0 Å². The SMILES string of the molecule is COc1ccccc1COC1CCN(c2nccn3ccnc23)CC1. The summed E-state index contributed by atoms with van der Waals surface area (Å²) >= 11 is 0. The van der Waals surface area contributed by atoms with Crippen molar-refractivity contribution in [1.82, 2.24) is 14.4 Å². The van der Waals surface area contributed by atoms with Crippen LogP contribution in [-0.2, 0) is 11.3 Å². The Morgan fingerprint density at radius 2 is 1.84 bits per heavy atom. The summed E-state index contributed by atoms with van der Waals surface area (Å²) in [7, 11) is 1.69. The normalized spacial score (nSPS) is 15.6. The van der Waals surface area contributed by atoms with Gasteiger partial charge >= 0.3 is 0 Å². The number of para-hydroxylation sites is 1. The summed E-state index contributed by atoms with van der Waals surface area (Å²) in [5, 5.41) is 0. The standard InChI is InChI=1S/C19H22N4O2/c1-24-17-5-3-2-4-15(17)14-25-16-6-10-22(11-7-16)18-19-21-9-13-23(19)12-8-20-18/h2-5,8-9,12-13,16H,6-7,10-11,14H2,1H3. The molecule has 1 aliphatic rings. The average Bonchev–Trinajstić information content (AvgIpc) is 3.16. The highest BCUT2D eigenvalue weighted by Gasteiger charge is 2.22. The fourth-order valence-electron chi connectivity index (χ4n) is 3.33. The minimum atomic E-state index is 0.264. The summed E-state index contributed by atoms with van der Waals surface area (Å²) in [5.41, 5.74) is 2.01. The van der Waals surface area contributed by atoms with Gasteiger partial charge in [-0.15, -0.1) is 0 Å². The first-order valence-electron chi connectivity index (χ1n) is 8.61. The molecule has 130 valence electrons. The molecule has 0 aliphatic carbocycles. The van der Waals surface area contributed by atoms with Crippen molar-refractivity contribution < 1.29 is 9.47 Å². The van der Waals surface area contributed by atoms with E-state index in [0.29, 0.717) is 6.61 Å². The van der Waals surface area contributed by atoms with Crippen LogP contribution in [-0.4, -0.2) is 40.7 Å². The van der Waals surface area contributed by atoms with E-state index >= 15 is 0 Å². The molecule has 3 heterocycles. The molecule has 0 bridgehead atoms. The van der Waals surface area contributed by atoms with Crippen molar-refractivity contribution in [3.05, 3.63) is 54.6 Å². The van der Waals surface area contributed by atoms with Crippen molar-refractivity contribution in [3.8, 4) is 5.75 Å². The monoisotopic (exact) mass is 338 g/mol. The number of anilines is 1. The van der Waals surface area contributed by atoms with Crippen molar-refractivity contribution in [1.29, 1.82) is 0 Å². The van der Waals surface area contributed by atoms with Crippen LogP contribution in [0.5, 0.6) is 5.75 Å². The fraction of sp³-hybridized carbons (Fsp3) is 0.368. The summed E-state index contributed by atoms with van der Waals surface area (Å²) in [6, 6.07) is 8.01. The van der Waals surface area contributed by atoms with Gasteiger partial charge < -0.3 is 18.8 Å². The molecule has 0 radical (unpaired) electrons. The Labute approximate surface area is 147 Å². The summed E-state index contributed by atoms with van der Waals surface area (Å²) < 4.78 is 13.5. The van der Waals surface area contributed by atoms with E-state index in [2.05, 4.69) is 20.9 Å². The van der Waals surface area contributed by atoms with Crippen molar-refractivity contribution >= 4 is 11.5 Å². The molecule has 0 saturated carbocycles. The number of hydrogen-bond donors (Lipinski definition) is 0. The second kappa shape index (κ2) is 7.11. The maximum Gasteiger partial charge on any atom is 0.180 e. The number of hydrogen-bond acceptors (Lipinski definition) is 5. The molecule has 1 fully saturated rings. The van der Waals surface area contributed by atoms with Crippen molar-refractivity contribution in [2.24, 2.45) is 0 Å². The molecule has 6 nitrogen and oxygen atoms in total. The van der Waals surface area contributed by atoms with E-state index in [9.17, 15) is 0 Å². The largest absolute Gasteiger partial charge is 0.496 e. The first kappa shape index (κ1) is 15.9. The Bertz CT molecular complexity index is 840. The van der Waals surface area contributed by atoms with Crippen LogP contribution in [0.25, 0.3) is 5.65 Å². The van der Waals surface area contributed by atoms with Gasteiger partial charge in [0.2, 0.25) is 0 Å². The Balaban J connectivity index is 1.36. The molecule has 1 aliphatic heterocycles. The van der Waals surface area contributed by atoms with Gasteiger partial charge in [0.1, 0.15) is 5.75 Å². The van der Waals surface area contributed by atoms with E-state index in [-0.39, 0.29) is 6.10 Å². The molecule has 25 heavy (non-hydrogen) atoms. The lowest BCUT2D eigenvalue weighted by atomic mass is 10.1. The van der Waals surface area contributed by atoms with Crippen molar-refractivity contribution in [2.75, 3.05) is 25.1 Å². The Kier molecular flexibility index (Phi) is 4.52. The second-order valence-corrected chi connectivity index (χ2v) is 6.22. The van der Waals surface area contributed by atoms with E-state index in [0.717, 1.165) is 48.7 Å². The predicted molar refractivity (Wildman–Crippen MR) is 96.0 cm³/mol. The zero-order valence-electron chi connectivity index (χ0n) is 14.3. The van der Waals surface area contributed by atoms with Gasteiger partial charge in [0.15, 0.2) is 11.5 Å². The summed E-state index contributed by atoms with van der Waals surface area (Å²) in [6.07, 6.45) is 9.74. The lowest BCUT2D eigenvalue weighted by Gasteiger charge is -2.32. The lowest BCUT2D eigenvalue weighted by Crippen LogP contribution is -2.37. The maximum atomic E-state index is 6.12. The first-order valence-corrected chi connectivity index (χ1v) is 8.61. The fourth-order valence-corrected chi connectivity index (χ4v) is 3.33. The lowest BCUT2D eigenvalue weighted by molar-refractivity contribution is 0.0242. The second-order valence-electron chi connectivity index (χ2n) is 6.22. The minimum Gasteiger partial charge on any atom is -0.496 e. The first-order chi connectivity index (χ1) is 12.3. The molecule has 4 rings (SSSR count). The van der Waals surface area contributed by atoms with Crippen molar-refractivity contribution in [3.63, 3.8) is 0 Å². The van der Waals surface area contributed by atoms with Crippen LogP contribution in [0, 0.1) is 0 Å². The highest BCUT2D eigenvalue weighted by Crippen LogP contribution is 2.24. The van der Waals surface area contributed by atoms with E-state index < -0.39 is 0 Å². The van der Waals surface area contributed by atoms with Gasteiger partial charge in [-0.1, -0.05) is 18.2 Å². The van der Waals surface area contributed by atoms with Crippen molar-refractivity contribution in [2.45, 2.75) is 25.6 Å². The number of nitrogens with zero attached hydrogens (tertiary/aromatic N) is 4. The number of ether oxygens (including phenoxy) is 2. The van der Waals surface area contributed by atoms with Crippen LogP contribution in [0.3, 0.4) is 0 Å². The van der Waals surface area contributed by atoms with Crippen LogP contribution < -0.4 is 9.64 Å². The van der Waals surface area contributed by atoms with Crippen LogP contribution in [0.2, 0.25) is 0 Å². The molecule has 3 aromatic rings. The average molecular weight is 338 g/mol. The zero-order chi connectivity index (χ0) is 17.1. The van der Waals surface area contributed by atoms with E-state index in [1.807, 2.05) is 47.4 Å². The topological polar surface area (TPSA) is 51.9 Å². The number of imidazole rings is 1. The molecular weight excluding hydrogens is 316 g/mol. The minimum absolute atomic E-state index is 0.264. The van der Waals surface area contributed by atoms with E-state index in [1.54, 1.807) is 7.11 Å². The number of rotatable bonds is 5. The third kappa shape index (κ3) is 3.30. The van der Waals surface area contributed by atoms with Gasteiger partial charge in [-0.25, -0.2) is 9.97 Å². The third-order valence-electron chi connectivity index (χ3n) is 4.70. The highest BCUT2D eigenvalue weighted by molar-refractivity contribution is 5.64. The molecule has 0 unspecified atom stereocenters. The van der Waals surface area contributed by atoms with Gasteiger partial charge in [0.05, 0.1) is 19.8 Å². The number of benzene rings is 1. The zero-order valence-corrected chi connectivity index (χ0v) is 14.3. The van der Waals surface area contributed by atoms with Crippen LogP contribution in [0.4, 0.5) is 5.82 Å². The summed E-state index contributed by atoms with van der Waals surface area (Å²) in [5.74, 6) is 1.84. The molecule has 0 N–H and O–H groups in total. The number of fused-ring (bicyclic) bond motifs is 1. The Hall–Kier alpha value is -2.60. The van der Waals surface area contributed by atoms with Gasteiger partial charge in [0.25, 0.3) is 0 Å². The van der Waals surface area contributed by atoms with Crippen LogP contribution in [0.15, 0.2) is 49.1 Å². The van der Waals surface area contributed by atoms with Gasteiger partial charge in [-0.3, -0.25) is 0 Å². The smallest absolute Gasteiger partial charge is 0.180 e. The number of aromatic nitrogens is 3. The van der Waals surface area contributed by atoms with Gasteiger partial charge in [0, 0.05) is 43.4 Å². The molecule has 6 heteroatoms. The summed E-state index contributed by atoms with van der Waals surface area (Å²) in [4.78, 5) is 11.2. The number of piperidine rings is 1. The number of methoxy groups -OCH3 is 1. The Morgan fingerprint density at radius 1 is 1.08 bits per heavy atom. The van der Waals surface area contributed by atoms with Crippen LogP contribution in [0.1, 0.15) is 18.4 Å². The molecule has 0 amide bonds. The molecule has 0 spiro atoms. The van der Waals surface area contributed by atoms with Gasteiger partial charge in [-0.2, -0.15) is 0 Å². The molecule has 0 atom stereocenters. The maximum absolute atomic E-state index is 6.12. The molecular formula is C19H22N4O2. The molecule has 1 saturated heterocycles. The predicted octanol–water partition coefficient (Wildman–Crippen LogP) is 2.92. The highest BCUT2D eigenvalue weighted by atomic mass is 16.5.